The minimum absolute atomic E-state index is 0.190. The van der Waals surface area contributed by atoms with Crippen molar-refractivity contribution in [1.29, 1.82) is 0 Å². The molecule has 1 aromatic carbocycles. The van der Waals surface area contributed by atoms with Crippen LogP contribution in [-0.2, 0) is 9.47 Å². The van der Waals surface area contributed by atoms with E-state index in [2.05, 4.69) is 15.1 Å². The quantitative estimate of drug-likeness (QED) is 0.710. The Kier molecular flexibility index (Phi) is 3.43. The summed E-state index contributed by atoms with van der Waals surface area (Å²) >= 11 is 0. The highest BCUT2D eigenvalue weighted by atomic mass is 16.6. The predicted octanol–water partition coefficient (Wildman–Crippen LogP) is 1.79. The van der Waals surface area contributed by atoms with Crippen molar-refractivity contribution in [3.63, 3.8) is 0 Å². The highest BCUT2D eigenvalue weighted by Crippen LogP contribution is 2.29. The van der Waals surface area contributed by atoms with E-state index in [0.29, 0.717) is 13.2 Å². The monoisotopic (exact) mass is 337 g/mol. The lowest BCUT2D eigenvalue weighted by atomic mass is 10.0. The first-order valence-electron chi connectivity index (χ1n) is 8.58. The molecule has 7 heteroatoms. The van der Waals surface area contributed by atoms with Crippen LogP contribution < -0.4 is 4.90 Å². The normalized spacial score (nSPS) is 23.6. The molecule has 7 nitrogen and oxygen atoms in total. The molecule has 3 aromatic rings. The van der Waals surface area contributed by atoms with Gasteiger partial charge in [0.25, 0.3) is 0 Å². The Morgan fingerprint density at radius 3 is 2.76 bits per heavy atom. The number of nitrogens with zero attached hydrogens (tertiary/aromatic N) is 5. The van der Waals surface area contributed by atoms with Crippen LogP contribution in [0.2, 0.25) is 0 Å². The molecular formula is C18H19N5O2. The SMILES string of the molecule is c1ccc(-c2nnc3ccc(N4CCOC5(CCOC5)C4)nn23)cc1. The van der Waals surface area contributed by atoms with Gasteiger partial charge in [-0.05, 0) is 12.1 Å². The summed E-state index contributed by atoms with van der Waals surface area (Å²) < 4.78 is 13.4. The molecule has 1 spiro atoms. The highest BCUT2D eigenvalue weighted by molar-refractivity contribution is 5.59. The van der Waals surface area contributed by atoms with Gasteiger partial charge in [-0.3, -0.25) is 0 Å². The fraction of sp³-hybridized carbons (Fsp3) is 0.389. The van der Waals surface area contributed by atoms with Crippen LogP contribution in [-0.4, -0.2) is 58.3 Å². The minimum atomic E-state index is -0.190. The van der Waals surface area contributed by atoms with Crippen molar-refractivity contribution in [1.82, 2.24) is 19.8 Å². The number of rotatable bonds is 2. The van der Waals surface area contributed by atoms with Gasteiger partial charge in [0.2, 0.25) is 0 Å². The van der Waals surface area contributed by atoms with Crippen molar-refractivity contribution in [2.45, 2.75) is 12.0 Å². The average molecular weight is 337 g/mol. The predicted molar refractivity (Wildman–Crippen MR) is 92.6 cm³/mol. The van der Waals surface area contributed by atoms with Gasteiger partial charge in [-0.15, -0.1) is 15.3 Å². The average Bonchev–Trinajstić information content (AvgIpc) is 3.29. The molecule has 4 heterocycles. The van der Waals surface area contributed by atoms with Gasteiger partial charge >= 0.3 is 0 Å². The molecule has 2 aliphatic rings. The van der Waals surface area contributed by atoms with Crippen LogP contribution in [0.4, 0.5) is 5.82 Å². The zero-order valence-corrected chi connectivity index (χ0v) is 13.8. The molecule has 2 saturated heterocycles. The zero-order valence-electron chi connectivity index (χ0n) is 13.8. The molecule has 2 fully saturated rings. The smallest absolute Gasteiger partial charge is 0.185 e. The fourth-order valence-corrected chi connectivity index (χ4v) is 3.58. The summed E-state index contributed by atoms with van der Waals surface area (Å²) in [6.07, 6.45) is 0.938. The lowest BCUT2D eigenvalue weighted by Gasteiger charge is -2.39. The van der Waals surface area contributed by atoms with Gasteiger partial charge < -0.3 is 14.4 Å². The number of ether oxygens (including phenoxy) is 2. The van der Waals surface area contributed by atoms with Crippen LogP contribution in [0, 0.1) is 0 Å². The maximum absolute atomic E-state index is 6.02. The molecule has 0 amide bonds. The van der Waals surface area contributed by atoms with Crippen molar-refractivity contribution in [2.24, 2.45) is 0 Å². The number of hydrogen-bond acceptors (Lipinski definition) is 6. The summed E-state index contributed by atoms with van der Waals surface area (Å²) in [6, 6.07) is 14.0. The van der Waals surface area contributed by atoms with Crippen LogP contribution in [0.3, 0.4) is 0 Å². The number of anilines is 1. The molecule has 0 N–H and O–H groups in total. The van der Waals surface area contributed by atoms with Gasteiger partial charge in [-0.2, -0.15) is 4.52 Å². The molecule has 25 heavy (non-hydrogen) atoms. The van der Waals surface area contributed by atoms with E-state index in [0.717, 1.165) is 49.0 Å². The van der Waals surface area contributed by atoms with E-state index in [1.54, 1.807) is 0 Å². The molecule has 0 aliphatic carbocycles. The van der Waals surface area contributed by atoms with E-state index in [1.807, 2.05) is 47.0 Å². The van der Waals surface area contributed by atoms with E-state index in [4.69, 9.17) is 14.6 Å². The van der Waals surface area contributed by atoms with Crippen molar-refractivity contribution >= 4 is 11.5 Å². The van der Waals surface area contributed by atoms with Gasteiger partial charge in [-0.25, -0.2) is 0 Å². The third kappa shape index (κ3) is 2.56. The molecule has 0 radical (unpaired) electrons. The number of aromatic nitrogens is 4. The number of fused-ring (bicyclic) bond motifs is 1. The summed E-state index contributed by atoms with van der Waals surface area (Å²) in [7, 11) is 0. The van der Waals surface area contributed by atoms with E-state index >= 15 is 0 Å². The second kappa shape index (κ2) is 5.79. The van der Waals surface area contributed by atoms with Crippen LogP contribution in [0.5, 0.6) is 0 Å². The maximum Gasteiger partial charge on any atom is 0.185 e. The molecule has 5 rings (SSSR count). The number of morpholine rings is 1. The summed E-state index contributed by atoms with van der Waals surface area (Å²) in [5, 5.41) is 13.4. The Labute approximate surface area is 145 Å². The van der Waals surface area contributed by atoms with Gasteiger partial charge in [0.1, 0.15) is 11.4 Å². The lowest BCUT2D eigenvalue weighted by Crippen LogP contribution is -2.52. The maximum atomic E-state index is 6.02. The topological polar surface area (TPSA) is 64.8 Å². The zero-order chi connectivity index (χ0) is 16.7. The minimum Gasteiger partial charge on any atom is -0.378 e. The van der Waals surface area contributed by atoms with Gasteiger partial charge in [-0.1, -0.05) is 30.3 Å². The van der Waals surface area contributed by atoms with Crippen molar-refractivity contribution in [3.8, 4) is 11.4 Å². The second-order valence-corrected chi connectivity index (χ2v) is 6.61. The second-order valence-electron chi connectivity index (χ2n) is 6.61. The van der Waals surface area contributed by atoms with Crippen molar-refractivity contribution in [3.05, 3.63) is 42.5 Å². The van der Waals surface area contributed by atoms with Crippen LogP contribution in [0.25, 0.3) is 17.0 Å². The Balaban J connectivity index is 1.52. The van der Waals surface area contributed by atoms with Crippen LogP contribution in [0.1, 0.15) is 6.42 Å². The summed E-state index contributed by atoms with van der Waals surface area (Å²) in [6.45, 7) is 3.74. The van der Waals surface area contributed by atoms with E-state index in [1.165, 1.54) is 0 Å². The Morgan fingerprint density at radius 1 is 1.00 bits per heavy atom. The molecule has 1 atom stereocenters. The Hall–Kier alpha value is -2.51. The first-order chi connectivity index (χ1) is 12.3. The van der Waals surface area contributed by atoms with Gasteiger partial charge in [0, 0.05) is 25.1 Å². The largest absolute Gasteiger partial charge is 0.378 e. The molecule has 128 valence electrons. The fourth-order valence-electron chi connectivity index (χ4n) is 3.58. The third-order valence-electron chi connectivity index (χ3n) is 4.92. The number of benzene rings is 1. The summed E-state index contributed by atoms with van der Waals surface area (Å²) in [4.78, 5) is 2.27. The van der Waals surface area contributed by atoms with Gasteiger partial charge in [0.15, 0.2) is 11.5 Å². The Bertz CT molecular complexity index is 889. The molecule has 0 saturated carbocycles. The first kappa shape index (κ1) is 14.8. The van der Waals surface area contributed by atoms with Gasteiger partial charge in [0.05, 0.1) is 19.8 Å². The Morgan fingerprint density at radius 2 is 1.92 bits per heavy atom. The first-order valence-corrected chi connectivity index (χ1v) is 8.58. The van der Waals surface area contributed by atoms with Crippen LogP contribution >= 0.6 is 0 Å². The third-order valence-corrected chi connectivity index (χ3v) is 4.92. The van der Waals surface area contributed by atoms with E-state index < -0.39 is 0 Å². The lowest BCUT2D eigenvalue weighted by molar-refractivity contribution is -0.0581. The summed E-state index contributed by atoms with van der Waals surface area (Å²) in [5.41, 5.74) is 1.56. The van der Waals surface area contributed by atoms with Crippen molar-refractivity contribution in [2.75, 3.05) is 37.8 Å². The highest BCUT2D eigenvalue weighted by Gasteiger charge is 2.40. The number of hydrogen-bond donors (Lipinski definition) is 0. The molecule has 2 aromatic heterocycles. The van der Waals surface area contributed by atoms with E-state index in [9.17, 15) is 0 Å². The standard InChI is InChI=1S/C18H19N5O2/c1-2-4-14(5-3-1)17-20-19-15-6-7-16(21-23(15)17)22-9-11-25-18(12-22)8-10-24-13-18/h1-7H,8-13H2. The molecule has 0 bridgehead atoms. The molecular weight excluding hydrogens is 318 g/mol. The van der Waals surface area contributed by atoms with Crippen LogP contribution in [0.15, 0.2) is 42.5 Å². The summed E-state index contributed by atoms with van der Waals surface area (Å²) in [5.74, 6) is 1.67. The molecule has 2 aliphatic heterocycles. The van der Waals surface area contributed by atoms with Crippen molar-refractivity contribution < 1.29 is 9.47 Å². The molecule has 1 unspecified atom stereocenters. The van der Waals surface area contributed by atoms with E-state index in [-0.39, 0.29) is 5.60 Å².